The van der Waals surface area contributed by atoms with Crippen molar-refractivity contribution in [3.63, 3.8) is 0 Å². The maximum atomic E-state index is 11.8. The zero-order valence-corrected chi connectivity index (χ0v) is 14.2. The van der Waals surface area contributed by atoms with E-state index in [0.717, 1.165) is 21.3 Å². The Morgan fingerprint density at radius 1 is 1.29 bits per heavy atom. The van der Waals surface area contributed by atoms with Crippen LogP contribution in [0.1, 0.15) is 21.5 Å². The molecular weight excluding hydrogens is 352 g/mol. The summed E-state index contributed by atoms with van der Waals surface area (Å²) in [5.41, 5.74) is 3.60. The standard InChI is InChI=1S/C16H16BrClN2O/c1-10-13(16(21)19-2)4-3-5-15(10)20-9-11-8-12(18)6-7-14(11)17/h3-8,20H,9H2,1-2H3,(H,19,21). The van der Waals surface area contributed by atoms with Crippen LogP contribution in [0.5, 0.6) is 0 Å². The normalized spacial score (nSPS) is 10.3. The molecule has 1 amide bonds. The molecule has 110 valence electrons. The van der Waals surface area contributed by atoms with Crippen LogP contribution in [0, 0.1) is 6.92 Å². The van der Waals surface area contributed by atoms with E-state index in [2.05, 4.69) is 26.6 Å². The molecule has 0 saturated heterocycles. The minimum atomic E-state index is -0.0833. The quantitative estimate of drug-likeness (QED) is 0.842. The number of hydrogen-bond acceptors (Lipinski definition) is 2. The Morgan fingerprint density at radius 3 is 2.76 bits per heavy atom. The van der Waals surface area contributed by atoms with Gasteiger partial charge in [-0.05, 0) is 48.4 Å². The summed E-state index contributed by atoms with van der Waals surface area (Å²) in [5.74, 6) is -0.0833. The largest absolute Gasteiger partial charge is 0.381 e. The smallest absolute Gasteiger partial charge is 0.251 e. The average Bonchev–Trinajstić information content (AvgIpc) is 2.48. The molecule has 0 bridgehead atoms. The van der Waals surface area contributed by atoms with E-state index in [9.17, 15) is 4.79 Å². The molecule has 0 fully saturated rings. The second-order valence-electron chi connectivity index (χ2n) is 4.65. The first-order valence-electron chi connectivity index (χ1n) is 6.52. The zero-order chi connectivity index (χ0) is 15.4. The Kier molecular flexibility index (Phi) is 5.26. The fraction of sp³-hybridized carbons (Fsp3) is 0.188. The number of amides is 1. The van der Waals surface area contributed by atoms with Crippen molar-refractivity contribution >= 4 is 39.1 Å². The number of hydrogen-bond donors (Lipinski definition) is 2. The lowest BCUT2D eigenvalue weighted by Gasteiger charge is -2.13. The lowest BCUT2D eigenvalue weighted by atomic mass is 10.1. The predicted molar refractivity (Wildman–Crippen MR) is 91.0 cm³/mol. The number of rotatable bonds is 4. The number of anilines is 1. The SMILES string of the molecule is CNC(=O)c1cccc(NCc2cc(Cl)ccc2Br)c1C. The van der Waals surface area contributed by atoms with Crippen molar-refractivity contribution in [1.29, 1.82) is 0 Å². The van der Waals surface area contributed by atoms with Crippen molar-refractivity contribution in [2.75, 3.05) is 12.4 Å². The summed E-state index contributed by atoms with van der Waals surface area (Å²) in [6, 6.07) is 11.3. The van der Waals surface area contributed by atoms with Crippen molar-refractivity contribution in [2.24, 2.45) is 0 Å². The molecule has 0 atom stereocenters. The van der Waals surface area contributed by atoms with E-state index in [1.165, 1.54) is 0 Å². The van der Waals surface area contributed by atoms with Crippen LogP contribution in [0.25, 0.3) is 0 Å². The van der Waals surface area contributed by atoms with Gasteiger partial charge in [-0.1, -0.05) is 33.6 Å². The van der Waals surface area contributed by atoms with E-state index >= 15 is 0 Å². The number of halogens is 2. The van der Waals surface area contributed by atoms with Crippen molar-refractivity contribution < 1.29 is 4.79 Å². The highest BCUT2D eigenvalue weighted by Gasteiger charge is 2.10. The highest BCUT2D eigenvalue weighted by atomic mass is 79.9. The Labute approximate surface area is 137 Å². The molecule has 5 heteroatoms. The molecule has 0 aliphatic rings. The first-order valence-corrected chi connectivity index (χ1v) is 7.69. The van der Waals surface area contributed by atoms with Gasteiger partial charge in [0.25, 0.3) is 5.91 Å². The third-order valence-corrected chi connectivity index (χ3v) is 4.29. The summed E-state index contributed by atoms with van der Waals surface area (Å²) < 4.78 is 1.000. The summed E-state index contributed by atoms with van der Waals surface area (Å²) >= 11 is 9.52. The average molecular weight is 368 g/mol. The Morgan fingerprint density at radius 2 is 2.05 bits per heavy atom. The Balaban J connectivity index is 2.21. The fourth-order valence-corrected chi connectivity index (χ4v) is 2.66. The molecule has 3 nitrogen and oxygen atoms in total. The molecule has 0 radical (unpaired) electrons. The summed E-state index contributed by atoms with van der Waals surface area (Å²) in [6.45, 7) is 2.55. The molecule has 0 heterocycles. The van der Waals surface area contributed by atoms with E-state index < -0.39 is 0 Å². The maximum absolute atomic E-state index is 11.8. The second-order valence-corrected chi connectivity index (χ2v) is 5.94. The lowest BCUT2D eigenvalue weighted by molar-refractivity contribution is 0.0962. The van der Waals surface area contributed by atoms with E-state index in [1.54, 1.807) is 7.05 Å². The van der Waals surface area contributed by atoms with Crippen LogP contribution >= 0.6 is 27.5 Å². The Hall–Kier alpha value is -1.52. The van der Waals surface area contributed by atoms with E-state index in [4.69, 9.17) is 11.6 Å². The number of benzene rings is 2. The van der Waals surface area contributed by atoms with Gasteiger partial charge in [0.1, 0.15) is 0 Å². The van der Waals surface area contributed by atoms with Crippen LogP contribution in [0.4, 0.5) is 5.69 Å². The summed E-state index contributed by atoms with van der Waals surface area (Å²) in [5, 5.41) is 6.70. The minimum absolute atomic E-state index is 0.0833. The molecule has 2 rings (SSSR count). The number of carbonyl (C=O) groups excluding carboxylic acids is 1. The van der Waals surface area contributed by atoms with Gasteiger partial charge in [-0.2, -0.15) is 0 Å². The van der Waals surface area contributed by atoms with Gasteiger partial charge in [-0.3, -0.25) is 4.79 Å². The van der Waals surface area contributed by atoms with Crippen molar-refractivity contribution in [3.05, 3.63) is 62.6 Å². The van der Waals surface area contributed by atoms with Crippen LogP contribution in [-0.2, 0) is 6.54 Å². The van der Waals surface area contributed by atoms with E-state index in [0.29, 0.717) is 17.1 Å². The molecule has 0 unspecified atom stereocenters. The summed E-state index contributed by atoms with van der Waals surface area (Å²) in [6.07, 6.45) is 0. The van der Waals surface area contributed by atoms with Gasteiger partial charge in [-0.25, -0.2) is 0 Å². The van der Waals surface area contributed by atoms with Gasteiger partial charge < -0.3 is 10.6 Å². The topological polar surface area (TPSA) is 41.1 Å². The van der Waals surface area contributed by atoms with Crippen LogP contribution < -0.4 is 10.6 Å². The van der Waals surface area contributed by atoms with Crippen molar-refractivity contribution in [3.8, 4) is 0 Å². The predicted octanol–water partition coefficient (Wildman–Crippen LogP) is 4.38. The van der Waals surface area contributed by atoms with Crippen LogP contribution in [0.2, 0.25) is 5.02 Å². The first kappa shape index (κ1) is 15.9. The molecular formula is C16H16BrClN2O. The number of carbonyl (C=O) groups is 1. The Bertz CT molecular complexity index is 673. The third kappa shape index (κ3) is 3.77. The van der Waals surface area contributed by atoms with Crippen molar-refractivity contribution in [2.45, 2.75) is 13.5 Å². The minimum Gasteiger partial charge on any atom is -0.381 e. The monoisotopic (exact) mass is 366 g/mol. The number of nitrogens with one attached hydrogen (secondary N) is 2. The molecule has 2 N–H and O–H groups in total. The van der Waals surface area contributed by atoms with Gasteiger partial charge in [0.05, 0.1) is 0 Å². The van der Waals surface area contributed by atoms with Crippen molar-refractivity contribution in [1.82, 2.24) is 5.32 Å². The summed E-state index contributed by atoms with van der Waals surface area (Å²) in [7, 11) is 1.63. The van der Waals surface area contributed by atoms with Crippen LogP contribution in [0.15, 0.2) is 40.9 Å². The lowest BCUT2D eigenvalue weighted by Crippen LogP contribution is -2.19. The molecule has 2 aromatic rings. The molecule has 0 aliphatic heterocycles. The van der Waals surface area contributed by atoms with E-state index in [-0.39, 0.29) is 5.91 Å². The molecule has 0 aliphatic carbocycles. The molecule has 2 aromatic carbocycles. The van der Waals surface area contributed by atoms with Gasteiger partial charge in [0.15, 0.2) is 0 Å². The van der Waals surface area contributed by atoms with Gasteiger partial charge in [0, 0.05) is 34.3 Å². The molecule has 21 heavy (non-hydrogen) atoms. The van der Waals surface area contributed by atoms with Gasteiger partial charge in [0.2, 0.25) is 0 Å². The maximum Gasteiger partial charge on any atom is 0.251 e. The highest BCUT2D eigenvalue weighted by molar-refractivity contribution is 9.10. The first-order chi connectivity index (χ1) is 10.0. The fourth-order valence-electron chi connectivity index (χ4n) is 2.08. The molecule has 0 spiro atoms. The molecule has 0 aromatic heterocycles. The van der Waals surface area contributed by atoms with Gasteiger partial charge >= 0.3 is 0 Å². The van der Waals surface area contributed by atoms with Crippen LogP contribution in [-0.4, -0.2) is 13.0 Å². The van der Waals surface area contributed by atoms with E-state index in [1.807, 2.05) is 43.3 Å². The van der Waals surface area contributed by atoms with Gasteiger partial charge in [-0.15, -0.1) is 0 Å². The second kappa shape index (κ2) is 6.96. The summed E-state index contributed by atoms with van der Waals surface area (Å²) in [4.78, 5) is 11.8. The zero-order valence-electron chi connectivity index (χ0n) is 11.8. The third-order valence-electron chi connectivity index (χ3n) is 3.28. The molecule has 0 saturated carbocycles. The highest BCUT2D eigenvalue weighted by Crippen LogP contribution is 2.24. The van der Waals surface area contributed by atoms with Crippen LogP contribution in [0.3, 0.4) is 0 Å².